The van der Waals surface area contributed by atoms with Crippen molar-refractivity contribution >= 4 is 5.91 Å². The molecule has 0 fully saturated rings. The maximum absolute atomic E-state index is 12.4. The largest absolute Gasteiger partial charge is 0.416 e. The Labute approximate surface area is 110 Å². The molecule has 0 aromatic heterocycles. The standard InChI is InChI=1S/C13H17F3N2O/c1-9(18-8-7-12(19)17-2)10-3-5-11(6-4-10)13(14,15)16/h3-6,9,18H,7-8H2,1-2H3,(H,17,19). The van der Waals surface area contributed by atoms with Gasteiger partial charge in [0.2, 0.25) is 5.91 Å². The predicted molar refractivity (Wildman–Crippen MR) is 66.5 cm³/mol. The van der Waals surface area contributed by atoms with Crippen molar-refractivity contribution < 1.29 is 18.0 Å². The molecule has 1 atom stereocenters. The van der Waals surface area contributed by atoms with Gasteiger partial charge in [0.15, 0.2) is 0 Å². The Bertz CT molecular complexity index is 415. The lowest BCUT2D eigenvalue weighted by atomic mass is 10.1. The van der Waals surface area contributed by atoms with Crippen LogP contribution in [0.4, 0.5) is 13.2 Å². The Morgan fingerprint density at radius 3 is 2.32 bits per heavy atom. The summed E-state index contributed by atoms with van der Waals surface area (Å²) < 4.78 is 37.2. The van der Waals surface area contributed by atoms with E-state index in [1.807, 2.05) is 6.92 Å². The molecule has 0 aliphatic heterocycles. The van der Waals surface area contributed by atoms with E-state index in [1.165, 1.54) is 12.1 Å². The highest BCUT2D eigenvalue weighted by atomic mass is 19.4. The summed E-state index contributed by atoms with van der Waals surface area (Å²) in [5.41, 5.74) is 0.0960. The summed E-state index contributed by atoms with van der Waals surface area (Å²) in [6, 6.07) is 4.91. The summed E-state index contributed by atoms with van der Waals surface area (Å²) in [6.45, 7) is 2.31. The minimum absolute atomic E-state index is 0.0767. The van der Waals surface area contributed by atoms with Crippen molar-refractivity contribution in [2.75, 3.05) is 13.6 Å². The molecule has 0 bridgehead atoms. The van der Waals surface area contributed by atoms with E-state index < -0.39 is 11.7 Å². The number of halogens is 3. The molecule has 0 aliphatic carbocycles. The average molecular weight is 274 g/mol. The predicted octanol–water partition coefficient (Wildman–Crippen LogP) is 2.49. The topological polar surface area (TPSA) is 41.1 Å². The second-order valence-corrected chi connectivity index (χ2v) is 4.22. The van der Waals surface area contributed by atoms with E-state index in [9.17, 15) is 18.0 Å². The number of benzene rings is 1. The average Bonchev–Trinajstić information content (AvgIpc) is 2.37. The van der Waals surface area contributed by atoms with Crippen molar-refractivity contribution in [3.63, 3.8) is 0 Å². The summed E-state index contributed by atoms with van der Waals surface area (Å²) in [7, 11) is 1.56. The van der Waals surface area contributed by atoms with E-state index in [0.717, 1.165) is 17.7 Å². The SMILES string of the molecule is CNC(=O)CCNC(C)c1ccc(C(F)(F)F)cc1. The molecule has 3 nitrogen and oxygen atoms in total. The first-order valence-electron chi connectivity index (χ1n) is 5.95. The van der Waals surface area contributed by atoms with Gasteiger partial charge in [-0.05, 0) is 24.6 Å². The lowest BCUT2D eigenvalue weighted by molar-refractivity contribution is -0.137. The molecule has 0 aliphatic rings. The number of alkyl halides is 3. The molecule has 0 saturated heterocycles. The normalized spacial score (nSPS) is 13.1. The fourth-order valence-electron chi connectivity index (χ4n) is 1.61. The van der Waals surface area contributed by atoms with Gasteiger partial charge >= 0.3 is 6.18 Å². The van der Waals surface area contributed by atoms with Gasteiger partial charge in [0.25, 0.3) is 0 Å². The lowest BCUT2D eigenvalue weighted by Gasteiger charge is -2.15. The molecule has 0 spiro atoms. The van der Waals surface area contributed by atoms with Crippen LogP contribution in [-0.2, 0) is 11.0 Å². The molecule has 1 amide bonds. The number of nitrogens with one attached hydrogen (secondary N) is 2. The van der Waals surface area contributed by atoms with Crippen LogP contribution in [0.1, 0.15) is 30.5 Å². The Morgan fingerprint density at radius 2 is 1.84 bits per heavy atom. The van der Waals surface area contributed by atoms with Crippen LogP contribution in [0.15, 0.2) is 24.3 Å². The molecule has 1 unspecified atom stereocenters. The van der Waals surface area contributed by atoms with Crippen molar-refractivity contribution in [2.45, 2.75) is 25.6 Å². The fraction of sp³-hybridized carbons (Fsp3) is 0.462. The second kappa shape index (κ2) is 6.56. The van der Waals surface area contributed by atoms with Gasteiger partial charge in [-0.3, -0.25) is 4.79 Å². The maximum atomic E-state index is 12.4. The number of rotatable bonds is 5. The molecule has 2 N–H and O–H groups in total. The van der Waals surface area contributed by atoms with Crippen molar-refractivity contribution in [1.82, 2.24) is 10.6 Å². The molecule has 19 heavy (non-hydrogen) atoms. The number of amides is 1. The third-order valence-electron chi connectivity index (χ3n) is 2.82. The van der Waals surface area contributed by atoms with E-state index in [4.69, 9.17) is 0 Å². The van der Waals surface area contributed by atoms with Gasteiger partial charge in [0.05, 0.1) is 5.56 Å². The Balaban J connectivity index is 2.53. The smallest absolute Gasteiger partial charge is 0.359 e. The van der Waals surface area contributed by atoms with E-state index in [-0.39, 0.29) is 11.9 Å². The molecule has 0 radical (unpaired) electrons. The van der Waals surface area contributed by atoms with Crippen LogP contribution < -0.4 is 10.6 Å². The fourth-order valence-corrected chi connectivity index (χ4v) is 1.61. The van der Waals surface area contributed by atoms with Crippen molar-refractivity contribution in [3.05, 3.63) is 35.4 Å². The summed E-state index contributed by atoms with van der Waals surface area (Å²) in [4.78, 5) is 11.0. The molecule has 1 aromatic rings. The van der Waals surface area contributed by atoms with E-state index in [2.05, 4.69) is 10.6 Å². The molecular weight excluding hydrogens is 257 g/mol. The van der Waals surface area contributed by atoms with Crippen LogP contribution in [-0.4, -0.2) is 19.5 Å². The minimum Gasteiger partial charge on any atom is -0.359 e. The van der Waals surface area contributed by atoms with Gasteiger partial charge in [-0.1, -0.05) is 12.1 Å². The van der Waals surface area contributed by atoms with Crippen LogP contribution in [0.2, 0.25) is 0 Å². The van der Waals surface area contributed by atoms with Gasteiger partial charge in [0, 0.05) is 26.1 Å². The molecule has 6 heteroatoms. The first kappa shape index (κ1) is 15.5. The zero-order chi connectivity index (χ0) is 14.5. The van der Waals surface area contributed by atoms with Crippen molar-refractivity contribution in [1.29, 1.82) is 0 Å². The first-order chi connectivity index (χ1) is 8.84. The summed E-state index contributed by atoms with van der Waals surface area (Å²) in [5.74, 6) is -0.0767. The van der Waals surface area contributed by atoms with Gasteiger partial charge in [-0.15, -0.1) is 0 Å². The van der Waals surface area contributed by atoms with Crippen LogP contribution in [0.3, 0.4) is 0 Å². The quantitative estimate of drug-likeness (QED) is 0.866. The van der Waals surface area contributed by atoms with Crippen LogP contribution in [0.5, 0.6) is 0 Å². The Hall–Kier alpha value is -1.56. The van der Waals surface area contributed by atoms with Gasteiger partial charge < -0.3 is 10.6 Å². The third-order valence-corrected chi connectivity index (χ3v) is 2.82. The second-order valence-electron chi connectivity index (χ2n) is 4.22. The van der Waals surface area contributed by atoms with Crippen LogP contribution >= 0.6 is 0 Å². The molecule has 0 heterocycles. The lowest BCUT2D eigenvalue weighted by Crippen LogP contribution is -2.26. The van der Waals surface area contributed by atoms with Gasteiger partial charge in [0.1, 0.15) is 0 Å². The Morgan fingerprint density at radius 1 is 1.26 bits per heavy atom. The third kappa shape index (κ3) is 4.90. The van der Waals surface area contributed by atoms with Crippen LogP contribution in [0.25, 0.3) is 0 Å². The molecule has 1 aromatic carbocycles. The van der Waals surface area contributed by atoms with Crippen molar-refractivity contribution in [2.24, 2.45) is 0 Å². The van der Waals surface area contributed by atoms with E-state index in [1.54, 1.807) is 7.05 Å². The molecule has 0 saturated carbocycles. The van der Waals surface area contributed by atoms with E-state index in [0.29, 0.717) is 13.0 Å². The highest BCUT2D eigenvalue weighted by molar-refractivity contribution is 5.75. The monoisotopic (exact) mass is 274 g/mol. The zero-order valence-corrected chi connectivity index (χ0v) is 10.8. The highest BCUT2D eigenvalue weighted by Gasteiger charge is 2.30. The molecular formula is C13H17F3N2O. The molecule has 1 rings (SSSR count). The maximum Gasteiger partial charge on any atom is 0.416 e. The zero-order valence-electron chi connectivity index (χ0n) is 10.8. The first-order valence-corrected chi connectivity index (χ1v) is 5.95. The summed E-state index contributed by atoms with van der Waals surface area (Å²) in [6.07, 6.45) is -3.98. The highest BCUT2D eigenvalue weighted by Crippen LogP contribution is 2.29. The Kier molecular flexibility index (Phi) is 5.35. The van der Waals surface area contributed by atoms with Crippen molar-refractivity contribution in [3.8, 4) is 0 Å². The number of carbonyl (C=O) groups is 1. The minimum atomic E-state index is -4.31. The molecule has 106 valence electrons. The van der Waals surface area contributed by atoms with E-state index >= 15 is 0 Å². The summed E-state index contributed by atoms with van der Waals surface area (Å²) >= 11 is 0. The number of hydrogen-bond acceptors (Lipinski definition) is 2. The van der Waals surface area contributed by atoms with Crippen LogP contribution in [0, 0.1) is 0 Å². The number of carbonyl (C=O) groups excluding carboxylic acids is 1. The van der Waals surface area contributed by atoms with Gasteiger partial charge in [-0.2, -0.15) is 13.2 Å². The number of hydrogen-bond donors (Lipinski definition) is 2. The summed E-state index contributed by atoms with van der Waals surface area (Å²) in [5, 5.41) is 5.58. The van der Waals surface area contributed by atoms with Gasteiger partial charge in [-0.25, -0.2) is 0 Å².